The van der Waals surface area contributed by atoms with Crippen molar-refractivity contribution in [1.29, 1.82) is 0 Å². The third kappa shape index (κ3) is 5.68. The molecule has 1 fully saturated rings. The topological polar surface area (TPSA) is 35.5 Å². The van der Waals surface area contributed by atoms with Gasteiger partial charge >= 0.3 is 0 Å². The Hall–Kier alpha value is -0.120. The number of aliphatic hydroxyl groups is 1. The molecule has 3 nitrogen and oxygen atoms in total. The predicted octanol–water partition coefficient (Wildman–Crippen LogP) is 2.25. The molecule has 0 aromatic carbocycles. The normalized spacial score (nSPS) is 23.8. The molecule has 0 spiro atoms. The van der Waals surface area contributed by atoms with E-state index in [9.17, 15) is 5.11 Å². The zero-order valence-corrected chi connectivity index (χ0v) is 12.7. The summed E-state index contributed by atoms with van der Waals surface area (Å²) in [4.78, 5) is 2.59. The number of rotatable bonds is 7. The molecular weight excluding hydrogens is 224 g/mol. The predicted molar refractivity (Wildman–Crippen MR) is 77.8 cm³/mol. The number of hydrogen-bond acceptors (Lipinski definition) is 3. The largest absolute Gasteiger partial charge is 0.393 e. The van der Waals surface area contributed by atoms with Gasteiger partial charge in [-0.1, -0.05) is 6.92 Å². The monoisotopic (exact) mass is 256 g/mol. The van der Waals surface area contributed by atoms with E-state index in [4.69, 9.17) is 0 Å². The van der Waals surface area contributed by atoms with E-state index >= 15 is 0 Å². The van der Waals surface area contributed by atoms with Crippen LogP contribution in [0, 0.1) is 5.92 Å². The first-order valence-corrected chi connectivity index (χ1v) is 7.69. The first-order valence-electron chi connectivity index (χ1n) is 7.69. The maximum atomic E-state index is 9.39. The van der Waals surface area contributed by atoms with Crippen LogP contribution in [0.15, 0.2) is 0 Å². The van der Waals surface area contributed by atoms with Crippen molar-refractivity contribution in [2.45, 2.75) is 71.6 Å². The van der Waals surface area contributed by atoms with Gasteiger partial charge in [-0.05, 0) is 72.0 Å². The molecule has 18 heavy (non-hydrogen) atoms. The highest BCUT2D eigenvalue weighted by atomic mass is 16.3. The molecule has 3 atom stereocenters. The quantitative estimate of drug-likeness (QED) is 0.733. The SMILES string of the molecule is CCCN1CCC(C(C)NC(C)CC(C)O)CC1. The van der Waals surface area contributed by atoms with Crippen LogP contribution >= 0.6 is 0 Å². The summed E-state index contributed by atoms with van der Waals surface area (Å²) in [5.74, 6) is 0.801. The molecule has 0 aromatic rings. The summed E-state index contributed by atoms with van der Waals surface area (Å²) >= 11 is 0. The van der Waals surface area contributed by atoms with Gasteiger partial charge < -0.3 is 15.3 Å². The van der Waals surface area contributed by atoms with Crippen LogP contribution in [0.5, 0.6) is 0 Å². The van der Waals surface area contributed by atoms with Crippen LogP contribution in [0.1, 0.15) is 53.4 Å². The van der Waals surface area contributed by atoms with Crippen LogP contribution in [0.2, 0.25) is 0 Å². The van der Waals surface area contributed by atoms with E-state index in [2.05, 4.69) is 31.0 Å². The Bertz CT molecular complexity index is 213. The Morgan fingerprint density at radius 1 is 1.22 bits per heavy atom. The van der Waals surface area contributed by atoms with Gasteiger partial charge in [-0.2, -0.15) is 0 Å². The molecule has 0 amide bonds. The van der Waals surface area contributed by atoms with E-state index in [1.165, 1.54) is 38.9 Å². The Labute approximate surface area is 113 Å². The summed E-state index contributed by atoms with van der Waals surface area (Å²) < 4.78 is 0. The number of aliphatic hydroxyl groups excluding tert-OH is 1. The minimum atomic E-state index is -0.203. The molecule has 0 aliphatic carbocycles. The van der Waals surface area contributed by atoms with Crippen LogP contribution in [0.4, 0.5) is 0 Å². The van der Waals surface area contributed by atoms with Crippen molar-refractivity contribution in [3.05, 3.63) is 0 Å². The van der Waals surface area contributed by atoms with Gasteiger partial charge in [-0.25, -0.2) is 0 Å². The average Bonchev–Trinajstić information content (AvgIpc) is 2.29. The van der Waals surface area contributed by atoms with Gasteiger partial charge in [-0.3, -0.25) is 0 Å². The molecule has 0 aromatic heterocycles. The first kappa shape index (κ1) is 15.9. The van der Waals surface area contributed by atoms with Crippen molar-refractivity contribution in [3.63, 3.8) is 0 Å². The third-order valence-corrected chi connectivity index (χ3v) is 4.12. The van der Waals surface area contributed by atoms with Gasteiger partial charge in [0.05, 0.1) is 6.10 Å². The number of hydrogen-bond donors (Lipinski definition) is 2. The van der Waals surface area contributed by atoms with Gasteiger partial charge in [0.1, 0.15) is 0 Å². The fourth-order valence-corrected chi connectivity index (χ4v) is 3.16. The van der Waals surface area contributed by atoms with E-state index in [-0.39, 0.29) is 6.10 Å². The number of piperidine rings is 1. The minimum Gasteiger partial charge on any atom is -0.393 e. The van der Waals surface area contributed by atoms with Crippen LogP contribution in [0.25, 0.3) is 0 Å². The molecule has 3 unspecified atom stereocenters. The lowest BCUT2D eigenvalue weighted by Crippen LogP contribution is -2.45. The fourth-order valence-electron chi connectivity index (χ4n) is 3.16. The zero-order valence-electron chi connectivity index (χ0n) is 12.7. The van der Waals surface area contributed by atoms with Crippen LogP contribution < -0.4 is 5.32 Å². The van der Waals surface area contributed by atoms with Crippen molar-refractivity contribution in [1.82, 2.24) is 10.2 Å². The van der Waals surface area contributed by atoms with Gasteiger partial charge in [0, 0.05) is 12.1 Å². The second kappa shape index (κ2) is 8.13. The molecule has 1 saturated heterocycles. The van der Waals surface area contributed by atoms with Crippen LogP contribution in [-0.2, 0) is 0 Å². The Morgan fingerprint density at radius 2 is 1.83 bits per heavy atom. The first-order chi connectivity index (χ1) is 8.52. The molecule has 2 N–H and O–H groups in total. The second-order valence-corrected chi connectivity index (χ2v) is 6.12. The number of likely N-dealkylation sites (tertiary alicyclic amines) is 1. The molecule has 1 rings (SSSR count). The number of nitrogens with zero attached hydrogens (tertiary/aromatic N) is 1. The van der Waals surface area contributed by atoms with Crippen LogP contribution in [-0.4, -0.2) is 47.8 Å². The summed E-state index contributed by atoms with van der Waals surface area (Å²) in [7, 11) is 0. The third-order valence-electron chi connectivity index (χ3n) is 4.12. The summed E-state index contributed by atoms with van der Waals surface area (Å²) in [5.41, 5.74) is 0. The van der Waals surface area contributed by atoms with Crippen molar-refractivity contribution in [3.8, 4) is 0 Å². The average molecular weight is 256 g/mol. The summed E-state index contributed by atoms with van der Waals surface area (Å²) in [6.07, 6.45) is 4.54. The lowest BCUT2D eigenvalue weighted by Gasteiger charge is -2.36. The molecule has 0 bridgehead atoms. The van der Waals surface area contributed by atoms with Gasteiger partial charge in [0.15, 0.2) is 0 Å². The molecule has 1 aliphatic heterocycles. The summed E-state index contributed by atoms with van der Waals surface area (Å²) in [6, 6.07) is 0.983. The summed E-state index contributed by atoms with van der Waals surface area (Å²) in [6.45, 7) is 12.4. The highest BCUT2D eigenvalue weighted by molar-refractivity contribution is 4.81. The van der Waals surface area contributed by atoms with Crippen molar-refractivity contribution < 1.29 is 5.11 Å². The molecule has 1 aliphatic rings. The van der Waals surface area contributed by atoms with E-state index in [0.717, 1.165) is 12.3 Å². The lowest BCUT2D eigenvalue weighted by atomic mass is 9.89. The highest BCUT2D eigenvalue weighted by Gasteiger charge is 2.24. The molecule has 3 heteroatoms. The summed E-state index contributed by atoms with van der Waals surface area (Å²) in [5, 5.41) is 13.0. The van der Waals surface area contributed by atoms with Crippen LogP contribution in [0.3, 0.4) is 0 Å². The smallest absolute Gasteiger partial charge is 0.0526 e. The van der Waals surface area contributed by atoms with E-state index < -0.39 is 0 Å². The molecule has 108 valence electrons. The Kier molecular flexibility index (Phi) is 7.20. The van der Waals surface area contributed by atoms with Crippen molar-refractivity contribution in [2.24, 2.45) is 5.92 Å². The van der Waals surface area contributed by atoms with E-state index in [1.54, 1.807) is 0 Å². The molecule has 0 radical (unpaired) electrons. The Balaban J connectivity index is 2.25. The zero-order chi connectivity index (χ0) is 13.5. The second-order valence-electron chi connectivity index (χ2n) is 6.12. The maximum Gasteiger partial charge on any atom is 0.0526 e. The van der Waals surface area contributed by atoms with Crippen molar-refractivity contribution >= 4 is 0 Å². The van der Waals surface area contributed by atoms with E-state index in [0.29, 0.717) is 12.1 Å². The van der Waals surface area contributed by atoms with Gasteiger partial charge in [-0.15, -0.1) is 0 Å². The fraction of sp³-hybridized carbons (Fsp3) is 1.00. The highest BCUT2D eigenvalue weighted by Crippen LogP contribution is 2.21. The van der Waals surface area contributed by atoms with Gasteiger partial charge in [0.2, 0.25) is 0 Å². The molecule has 0 saturated carbocycles. The number of nitrogens with one attached hydrogen (secondary N) is 1. The maximum absolute atomic E-state index is 9.39. The van der Waals surface area contributed by atoms with Gasteiger partial charge in [0.25, 0.3) is 0 Å². The van der Waals surface area contributed by atoms with E-state index in [1.807, 2.05) is 6.92 Å². The molecule has 1 heterocycles. The Morgan fingerprint density at radius 3 is 2.33 bits per heavy atom. The lowest BCUT2D eigenvalue weighted by molar-refractivity contribution is 0.143. The standard InChI is InChI=1S/C15H32N2O/c1-5-8-17-9-6-15(7-10-17)14(4)16-12(2)11-13(3)18/h12-16,18H,5-11H2,1-4H3. The molecular formula is C15H32N2O. The minimum absolute atomic E-state index is 0.203. The van der Waals surface area contributed by atoms with Crippen molar-refractivity contribution in [2.75, 3.05) is 19.6 Å².